The van der Waals surface area contributed by atoms with Crippen molar-refractivity contribution >= 4 is 11.9 Å². The largest absolute Gasteiger partial charge is 0.493 e. The molecule has 0 aromatic heterocycles. The van der Waals surface area contributed by atoms with Gasteiger partial charge < -0.3 is 19.7 Å². The van der Waals surface area contributed by atoms with E-state index in [9.17, 15) is 0 Å². The lowest BCUT2D eigenvalue weighted by Crippen LogP contribution is -2.50. The van der Waals surface area contributed by atoms with E-state index in [1.165, 1.54) is 44.3 Å². The number of carboxylic acid groups (broad SMARTS) is 2. The van der Waals surface area contributed by atoms with E-state index >= 15 is 0 Å². The second-order valence-corrected chi connectivity index (χ2v) is 7.99. The summed E-state index contributed by atoms with van der Waals surface area (Å²) in [5.74, 6) is -1.01. The van der Waals surface area contributed by atoms with Crippen LogP contribution in [0.3, 0.4) is 0 Å². The third-order valence-corrected chi connectivity index (χ3v) is 5.97. The standard InChI is InChI=1S/C20H32N2O2.C2H2O4/c1-16-7-9-18(10-8-16)22-13-11-21(12-14-22)15-17-5-4-6-19(23-2)20(17)24-3;3-1(4)2(5)6/h4-6,16,18H,7-15H2,1-3H3;(H,3,4)(H,5,6). The molecular formula is C22H34N2O6. The lowest BCUT2D eigenvalue weighted by atomic mass is 9.86. The zero-order chi connectivity index (χ0) is 22.1. The molecule has 8 heteroatoms. The fourth-order valence-corrected chi connectivity index (χ4v) is 4.21. The van der Waals surface area contributed by atoms with Crippen LogP contribution >= 0.6 is 0 Å². The minimum absolute atomic E-state index is 0.824. The number of carbonyl (C=O) groups is 2. The van der Waals surface area contributed by atoms with Crippen LogP contribution in [-0.2, 0) is 16.1 Å². The smallest absolute Gasteiger partial charge is 0.414 e. The van der Waals surface area contributed by atoms with E-state index in [0.29, 0.717) is 0 Å². The quantitative estimate of drug-likeness (QED) is 0.699. The Morgan fingerprint density at radius 2 is 1.57 bits per heavy atom. The first kappa shape index (κ1) is 24.0. The molecule has 1 saturated carbocycles. The van der Waals surface area contributed by atoms with Gasteiger partial charge in [0.05, 0.1) is 14.2 Å². The number of hydrogen-bond donors (Lipinski definition) is 2. The molecule has 3 rings (SSSR count). The molecule has 1 aromatic rings. The molecule has 1 aromatic carbocycles. The molecule has 168 valence electrons. The van der Waals surface area contributed by atoms with E-state index in [2.05, 4.69) is 28.9 Å². The first-order valence-corrected chi connectivity index (χ1v) is 10.5. The van der Waals surface area contributed by atoms with Crippen LogP contribution in [0.2, 0.25) is 0 Å². The molecule has 30 heavy (non-hydrogen) atoms. The summed E-state index contributed by atoms with van der Waals surface area (Å²) in [6.07, 6.45) is 5.60. The Balaban J connectivity index is 0.000000469. The molecule has 8 nitrogen and oxygen atoms in total. The van der Waals surface area contributed by atoms with Gasteiger partial charge in [-0.25, -0.2) is 9.59 Å². The highest BCUT2D eigenvalue weighted by Gasteiger charge is 2.27. The molecule has 2 fully saturated rings. The summed E-state index contributed by atoms with van der Waals surface area (Å²) in [4.78, 5) is 23.5. The third kappa shape index (κ3) is 6.88. The second kappa shape index (κ2) is 11.8. The Bertz CT molecular complexity index is 683. The summed E-state index contributed by atoms with van der Waals surface area (Å²) >= 11 is 0. The number of hydrogen-bond acceptors (Lipinski definition) is 6. The molecule has 1 aliphatic heterocycles. The Morgan fingerprint density at radius 1 is 0.967 bits per heavy atom. The highest BCUT2D eigenvalue weighted by Crippen LogP contribution is 2.32. The number of ether oxygens (including phenoxy) is 2. The van der Waals surface area contributed by atoms with Crippen molar-refractivity contribution in [2.45, 2.75) is 45.2 Å². The first-order chi connectivity index (χ1) is 14.3. The van der Waals surface area contributed by atoms with Crippen molar-refractivity contribution in [1.29, 1.82) is 0 Å². The van der Waals surface area contributed by atoms with Crippen LogP contribution in [0.1, 0.15) is 38.2 Å². The topological polar surface area (TPSA) is 99.5 Å². The maximum absolute atomic E-state index is 9.10. The maximum Gasteiger partial charge on any atom is 0.414 e. The van der Waals surface area contributed by atoms with Crippen LogP contribution in [0.4, 0.5) is 0 Å². The molecular weight excluding hydrogens is 388 g/mol. The first-order valence-electron chi connectivity index (χ1n) is 10.5. The van der Waals surface area contributed by atoms with Gasteiger partial charge in [-0.2, -0.15) is 0 Å². The van der Waals surface area contributed by atoms with Crippen LogP contribution in [0.25, 0.3) is 0 Å². The Morgan fingerprint density at radius 3 is 2.07 bits per heavy atom. The fourth-order valence-electron chi connectivity index (χ4n) is 4.21. The zero-order valence-corrected chi connectivity index (χ0v) is 18.2. The molecule has 2 N–H and O–H groups in total. The van der Waals surface area contributed by atoms with Crippen LogP contribution in [0.5, 0.6) is 11.5 Å². The fraction of sp³-hybridized carbons (Fsp3) is 0.636. The van der Waals surface area contributed by atoms with Crippen molar-refractivity contribution in [2.24, 2.45) is 5.92 Å². The number of methoxy groups -OCH3 is 2. The molecule has 2 aliphatic rings. The highest BCUT2D eigenvalue weighted by atomic mass is 16.5. The molecule has 0 unspecified atom stereocenters. The SMILES string of the molecule is COc1cccc(CN2CCN(C3CCC(C)CC3)CC2)c1OC.O=C(O)C(=O)O. The van der Waals surface area contributed by atoms with Gasteiger partial charge in [-0.05, 0) is 37.7 Å². The van der Waals surface area contributed by atoms with Crippen LogP contribution in [-0.4, -0.2) is 78.4 Å². The average Bonchev–Trinajstić information content (AvgIpc) is 2.75. The van der Waals surface area contributed by atoms with Crippen LogP contribution in [0.15, 0.2) is 18.2 Å². The van der Waals surface area contributed by atoms with Crippen molar-refractivity contribution in [3.8, 4) is 11.5 Å². The lowest BCUT2D eigenvalue weighted by Gasteiger charge is -2.41. The molecule has 0 amide bonds. The van der Waals surface area contributed by atoms with E-state index in [-0.39, 0.29) is 0 Å². The van der Waals surface area contributed by atoms with Gasteiger partial charge in [-0.15, -0.1) is 0 Å². The summed E-state index contributed by atoms with van der Waals surface area (Å²) in [6, 6.07) is 6.99. The summed E-state index contributed by atoms with van der Waals surface area (Å²) in [7, 11) is 3.43. The predicted molar refractivity (Wildman–Crippen MR) is 113 cm³/mol. The molecule has 1 heterocycles. The van der Waals surface area contributed by atoms with E-state index < -0.39 is 11.9 Å². The molecule has 0 spiro atoms. The van der Waals surface area contributed by atoms with Gasteiger partial charge in [0.25, 0.3) is 0 Å². The molecule has 0 atom stereocenters. The highest BCUT2D eigenvalue weighted by molar-refractivity contribution is 6.27. The number of benzene rings is 1. The van der Waals surface area contributed by atoms with Gasteiger partial charge in [0.2, 0.25) is 0 Å². The molecule has 0 bridgehead atoms. The van der Waals surface area contributed by atoms with Crippen molar-refractivity contribution in [3.63, 3.8) is 0 Å². The van der Waals surface area contributed by atoms with Crippen molar-refractivity contribution in [1.82, 2.24) is 9.80 Å². The van der Waals surface area contributed by atoms with Crippen molar-refractivity contribution in [2.75, 3.05) is 40.4 Å². The van der Waals surface area contributed by atoms with Crippen molar-refractivity contribution in [3.05, 3.63) is 23.8 Å². The maximum atomic E-state index is 9.10. The van der Waals surface area contributed by atoms with E-state index in [0.717, 1.165) is 43.1 Å². The number of carboxylic acids is 2. The van der Waals surface area contributed by atoms with Crippen LogP contribution in [0, 0.1) is 5.92 Å². The summed E-state index contributed by atoms with van der Waals surface area (Å²) < 4.78 is 11.0. The Kier molecular flexibility index (Phi) is 9.39. The van der Waals surface area contributed by atoms with E-state index in [1.807, 2.05) is 6.07 Å². The van der Waals surface area contributed by atoms with Gasteiger partial charge in [0.1, 0.15) is 0 Å². The van der Waals surface area contributed by atoms with Gasteiger partial charge in [-0.1, -0.05) is 19.1 Å². The zero-order valence-electron chi connectivity index (χ0n) is 18.2. The number of para-hydroxylation sites is 1. The third-order valence-electron chi connectivity index (χ3n) is 5.97. The normalized spacial score (nSPS) is 22.5. The van der Waals surface area contributed by atoms with Gasteiger partial charge in [-0.3, -0.25) is 9.80 Å². The second-order valence-electron chi connectivity index (χ2n) is 7.99. The average molecular weight is 423 g/mol. The minimum atomic E-state index is -1.82. The predicted octanol–water partition coefficient (Wildman–Crippen LogP) is 2.56. The molecule has 1 saturated heterocycles. The van der Waals surface area contributed by atoms with Gasteiger partial charge in [0, 0.05) is 44.3 Å². The minimum Gasteiger partial charge on any atom is -0.493 e. The number of aliphatic carboxylic acids is 2. The van der Waals surface area contributed by atoms with E-state index in [1.54, 1.807) is 14.2 Å². The number of rotatable bonds is 5. The van der Waals surface area contributed by atoms with Crippen molar-refractivity contribution < 1.29 is 29.3 Å². The summed E-state index contributed by atoms with van der Waals surface area (Å²) in [6.45, 7) is 8.03. The van der Waals surface area contributed by atoms with E-state index in [4.69, 9.17) is 29.3 Å². The van der Waals surface area contributed by atoms with Gasteiger partial charge in [0.15, 0.2) is 11.5 Å². The molecule has 1 aliphatic carbocycles. The van der Waals surface area contributed by atoms with Crippen LogP contribution < -0.4 is 9.47 Å². The molecule has 0 radical (unpaired) electrons. The Hall–Kier alpha value is -2.32. The number of nitrogens with zero attached hydrogens (tertiary/aromatic N) is 2. The summed E-state index contributed by atoms with van der Waals surface area (Å²) in [5.41, 5.74) is 1.22. The summed E-state index contributed by atoms with van der Waals surface area (Å²) in [5, 5.41) is 14.8. The number of piperazine rings is 1. The lowest BCUT2D eigenvalue weighted by molar-refractivity contribution is -0.159. The monoisotopic (exact) mass is 422 g/mol. The Labute approximate surface area is 178 Å². The van der Waals surface area contributed by atoms with Gasteiger partial charge >= 0.3 is 11.9 Å².